The Morgan fingerprint density at radius 2 is 1.96 bits per heavy atom. The van der Waals surface area contributed by atoms with E-state index < -0.39 is 28.6 Å². The number of hydrogen-bond donors (Lipinski definition) is 4. The molecule has 0 atom stereocenters. The lowest BCUT2D eigenvalue weighted by molar-refractivity contribution is 0.0687. The van der Waals surface area contributed by atoms with Gasteiger partial charge >= 0.3 is 11.7 Å². The predicted molar refractivity (Wildman–Crippen MR) is 82.0 cm³/mol. The van der Waals surface area contributed by atoms with Gasteiger partial charge in [-0.15, -0.1) is 0 Å². The van der Waals surface area contributed by atoms with Crippen LogP contribution in [0, 0.1) is 6.92 Å². The van der Waals surface area contributed by atoms with Crippen molar-refractivity contribution in [2.45, 2.75) is 6.92 Å². The smallest absolute Gasteiger partial charge is 0.439 e. The molecular weight excluding hydrogens is 318 g/mol. The number of carboxylic acid groups (broad SMARTS) is 1. The van der Waals surface area contributed by atoms with Crippen LogP contribution in [0.4, 0.5) is 0 Å². The monoisotopic (exact) mass is 329 g/mol. The normalized spacial score (nSPS) is 10.7. The summed E-state index contributed by atoms with van der Waals surface area (Å²) in [5.41, 5.74) is 0.695. The zero-order valence-corrected chi connectivity index (χ0v) is 12.3. The third-order valence-corrected chi connectivity index (χ3v) is 3.45. The number of aromatic nitrogens is 3. The molecule has 0 aliphatic heterocycles. The molecule has 0 fully saturated rings. The number of aryl methyl sites for hydroxylation is 1. The van der Waals surface area contributed by atoms with Crippen molar-refractivity contribution in [3.05, 3.63) is 56.3 Å². The maximum absolute atomic E-state index is 11.7. The fraction of sp³-hybridized carbons (Fsp3) is 0.0667. The SMILES string of the molecule is Cc1cc(-c2noc(=O)[nH]2)ccc1-c1cc(=O)c(O)c(C(=O)O)[nH]1. The zero-order valence-electron chi connectivity index (χ0n) is 12.3. The Morgan fingerprint density at radius 1 is 1.21 bits per heavy atom. The Balaban J connectivity index is 2.12. The number of carboxylic acids is 1. The van der Waals surface area contributed by atoms with Crippen LogP contribution in [0.15, 0.2) is 38.4 Å². The third-order valence-electron chi connectivity index (χ3n) is 3.45. The van der Waals surface area contributed by atoms with E-state index in [1.807, 2.05) is 0 Å². The highest BCUT2D eigenvalue weighted by Gasteiger charge is 2.16. The number of carbonyl (C=O) groups is 1. The van der Waals surface area contributed by atoms with E-state index in [0.717, 1.165) is 6.07 Å². The summed E-state index contributed by atoms with van der Waals surface area (Å²) in [5.74, 6) is -2.72. The molecule has 0 saturated heterocycles. The molecule has 0 aliphatic rings. The van der Waals surface area contributed by atoms with Gasteiger partial charge in [0.15, 0.2) is 17.3 Å². The molecule has 2 aromatic heterocycles. The van der Waals surface area contributed by atoms with Gasteiger partial charge in [0.2, 0.25) is 5.43 Å². The lowest BCUT2D eigenvalue weighted by Crippen LogP contribution is -2.11. The predicted octanol–water partition coefficient (Wildman–Crippen LogP) is 1.10. The van der Waals surface area contributed by atoms with E-state index in [4.69, 9.17) is 5.11 Å². The molecule has 0 spiro atoms. The van der Waals surface area contributed by atoms with Crippen molar-refractivity contribution in [3.8, 4) is 28.4 Å². The van der Waals surface area contributed by atoms with Gasteiger partial charge < -0.3 is 15.2 Å². The Labute approximate surface area is 133 Å². The number of aromatic amines is 2. The minimum Gasteiger partial charge on any atom is -0.502 e. The van der Waals surface area contributed by atoms with Crippen LogP contribution in [0.5, 0.6) is 5.75 Å². The minimum absolute atomic E-state index is 0.243. The van der Waals surface area contributed by atoms with Crippen LogP contribution >= 0.6 is 0 Å². The highest BCUT2D eigenvalue weighted by atomic mass is 16.5. The molecule has 3 aromatic rings. The second kappa shape index (κ2) is 5.54. The van der Waals surface area contributed by atoms with Gasteiger partial charge in [-0.2, -0.15) is 0 Å². The summed E-state index contributed by atoms with van der Waals surface area (Å²) in [7, 11) is 0. The average Bonchev–Trinajstić information content (AvgIpc) is 2.96. The van der Waals surface area contributed by atoms with E-state index in [1.165, 1.54) is 0 Å². The number of aromatic carboxylic acids is 1. The van der Waals surface area contributed by atoms with Crippen molar-refractivity contribution in [1.82, 2.24) is 15.1 Å². The van der Waals surface area contributed by atoms with Crippen LogP contribution in [-0.2, 0) is 0 Å². The number of rotatable bonds is 3. The van der Waals surface area contributed by atoms with Crippen molar-refractivity contribution in [2.24, 2.45) is 0 Å². The summed E-state index contributed by atoms with van der Waals surface area (Å²) in [6, 6.07) is 6.06. The van der Waals surface area contributed by atoms with Crippen LogP contribution in [0.1, 0.15) is 16.1 Å². The van der Waals surface area contributed by atoms with E-state index in [-0.39, 0.29) is 11.5 Å². The fourth-order valence-corrected chi connectivity index (χ4v) is 2.32. The van der Waals surface area contributed by atoms with E-state index in [1.54, 1.807) is 25.1 Å². The standard InChI is InChI=1S/C15H11N3O6/c1-6-4-7(13-17-15(23)24-18-13)2-3-8(6)9-5-10(19)12(20)11(16-9)14(21)22/h2-5,20H,1H3,(H,16,19)(H,21,22)(H,17,18,23). The topological polar surface area (TPSA) is 149 Å². The summed E-state index contributed by atoms with van der Waals surface area (Å²) in [6.45, 7) is 1.74. The molecule has 3 rings (SSSR count). The van der Waals surface area contributed by atoms with Gasteiger partial charge in [-0.3, -0.25) is 14.3 Å². The maximum atomic E-state index is 11.7. The van der Waals surface area contributed by atoms with E-state index in [0.29, 0.717) is 16.7 Å². The largest absolute Gasteiger partial charge is 0.502 e. The van der Waals surface area contributed by atoms with Crippen LogP contribution in [0.25, 0.3) is 22.6 Å². The van der Waals surface area contributed by atoms with Gasteiger partial charge in [-0.1, -0.05) is 17.3 Å². The Hall–Kier alpha value is -3.62. The zero-order chi connectivity index (χ0) is 17.4. The first-order valence-electron chi connectivity index (χ1n) is 6.74. The van der Waals surface area contributed by atoms with E-state index >= 15 is 0 Å². The van der Waals surface area contributed by atoms with Gasteiger partial charge in [0.05, 0.1) is 5.69 Å². The molecule has 2 heterocycles. The summed E-state index contributed by atoms with van der Waals surface area (Å²) < 4.78 is 4.44. The van der Waals surface area contributed by atoms with Crippen molar-refractivity contribution in [1.29, 1.82) is 0 Å². The summed E-state index contributed by atoms with van der Waals surface area (Å²) in [4.78, 5) is 38.8. The van der Waals surface area contributed by atoms with Crippen LogP contribution in [-0.4, -0.2) is 31.3 Å². The quantitative estimate of drug-likeness (QED) is 0.562. The first kappa shape index (κ1) is 15.3. The van der Waals surface area contributed by atoms with Gasteiger partial charge in [0.1, 0.15) is 0 Å². The molecule has 1 aromatic carbocycles. The van der Waals surface area contributed by atoms with E-state index in [9.17, 15) is 19.5 Å². The Morgan fingerprint density at radius 3 is 2.54 bits per heavy atom. The molecule has 0 amide bonds. The molecule has 9 nitrogen and oxygen atoms in total. The molecule has 4 N–H and O–H groups in total. The number of nitrogens with zero attached hydrogens (tertiary/aromatic N) is 1. The highest BCUT2D eigenvalue weighted by Crippen LogP contribution is 2.26. The lowest BCUT2D eigenvalue weighted by atomic mass is 10.0. The Bertz CT molecular complexity index is 1060. The average molecular weight is 329 g/mol. The molecule has 0 radical (unpaired) electrons. The number of nitrogens with one attached hydrogen (secondary N) is 2. The van der Waals surface area contributed by atoms with E-state index in [2.05, 4.69) is 19.6 Å². The number of H-pyrrole nitrogens is 2. The number of aromatic hydroxyl groups is 1. The number of benzene rings is 1. The van der Waals surface area contributed by atoms with Crippen LogP contribution in [0.3, 0.4) is 0 Å². The van der Waals surface area contributed by atoms with Crippen LogP contribution < -0.4 is 11.2 Å². The van der Waals surface area contributed by atoms with Crippen molar-refractivity contribution in [2.75, 3.05) is 0 Å². The van der Waals surface area contributed by atoms with Gasteiger partial charge in [0, 0.05) is 17.2 Å². The molecule has 0 saturated carbocycles. The fourth-order valence-electron chi connectivity index (χ4n) is 2.32. The molecule has 9 heteroatoms. The maximum Gasteiger partial charge on any atom is 0.439 e. The molecule has 0 unspecified atom stereocenters. The number of hydrogen-bond acceptors (Lipinski definition) is 6. The highest BCUT2D eigenvalue weighted by molar-refractivity contribution is 5.89. The summed E-state index contributed by atoms with van der Waals surface area (Å²) in [6.07, 6.45) is 0. The molecule has 122 valence electrons. The second-order valence-corrected chi connectivity index (χ2v) is 5.05. The Kier molecular flexibility index (Phi) is 3.53. The second-order valence-electron chi connectivity index (χ2n) is 5.05. The van der Waals surface area contributed by atoms with Gasteiger partial charge in [0.25, 0.3) is 0 Å². The number of pyridine rings is 1. The molecule has 24 heavy (non-hydrogen) atoms. The third kappa shape index (κ3) is 2.58. The van der Waals surface area contributed by atoms with Gasteiger partial charge in [-0.05, 0) is 18.6 Å². The lowest BCUT2D eigenvalue weighted by Gasteiger charge is -2.09. The van der Waals surface area contributed by atoms with Crippen molar-refractivity contribution in [3.63, 3.8) is 0 Å². The molecule has 0 bridgehead atoms. The van der Waals surface area contributed by atoms with Gasteiger partial charge in [-0.25, -0.2) is 9.59 Å². The molecular formula is C15H11N3O6. The first-order chi connectivity index (χ1) is 11.4. The van der Waals surface area contributed by atoms with Crippen LogP contribution in [0.2, 0.25) is 0 Å². The summed E-state index contributed by atoms with van der Waals surface area (Å²) >= 11 is 0. The molecule has 0 aliphatic carbocycles. The minimum atomic E-state index is -1.44. The van der Waals surface area contributed by atoms with Crippen molar-refractivity contribution >= 4 is 5.97 Å². The van der Waals surface area contributed by atoms with Crippen molar-refractivity contribution < 1.29 is 19.5 Å². The first-order valence-corrected chi connectivity index (χ1v) is 6.74. The summed E-state index contributed by atoms with van der Waals surface area (Å²) in [5, 5.41) is 22.2.